The highest BCUT2D eigenvalue weighted by Crippen LogP contribution is 2.17. The number of piperidine rings is 1. The highest BCUT2D eigenvalue weighted by Gasteiger charge is 2.17. The highest BCUT2D eigenvalue weighted by molar-refractivity contribution is 14.0. The second kappa shape index (κ2) is 7.30. The molecule has 0 bridgehead atoms. The van der Waals surface area contributed by atoms with Crippen molar-refractivity contribution in [3.05, 3.63) is 29.6 Å². The Hall–Kier alpha value is -1.31. The van der Waals surface area contributed by atoms with Gasteiger partial charge in [-0.25, -0.2) is 9.98 Å². The molecule has 0 radical (unpaired) electrons. The SMILES string of the molecule is Cc1cccc2[nH]c(CN=C(N)N3CCCC(C)C3)nc12.I. The predicted octanol–water partition coefficient (Wildman–Crippen LogP) is 3.04. The minimum Gasteiger partial charge on any atom is -0.370 e. The average molecular weight is 413 g/mol. The number of imidazole rings is 1. The molecule has 0 aliphatic carbocycles. The molecule has 1 aromatic heterocycles. The molecule has 22 heavy (non-hydrogen) atoms. The molecule has 0 amide bonds. The van der Waals surface area contributed by atoms with E-state index in [1.807, 2.05) is 12.1 Å². The zero-order chi connectivity index (χ0) is 14.8. The monoisotopic (exact) mass is 413 g/mol. The van der Waals surface area contributed by atoms with E-state index in [0.29, 0.717) is 18.4 Å². The molecule has 1 saturated heterocycles. The largest absolute Gasteiger partial charge is 0.370 e. The first-order valence-corrected chi connectivity index (χ1v) is 7.62. The molecule has 1 aliphatic rings. The number of hydrogen-bond donors (Lipinski definition) is 2. The first-order valence-electron chi connectivity index (χ1n) is 7.62. The quantitative estimate of drug-likeness (QED) is 0.452. The van der Waals surface area contributed by atoms with Crippen molar-refractivity contribution < 1.29 is 0 Å². The number of halogens is 1. The van der Waals surface area contributed by atoms with E-state index in [4.69, 9.17) is 5.73 Å². The number of para-hydroxylation sites is 1. The number of aromatic amines is 1. The summed E-state index contributed by atoms with van der Waals surface area (Å²) in [6, 6.07) is 6.14. The van der Waals surface area contributed by atoms with Crippen molar-refractivity contribution in [1.29, 1.82) is 0 Å². The normalized spacial score (nSPS) is 19.3. The maximum absolute atomic E-state index is 6.12. The Morgan fingerprint density at radius 2 is 2.32 bits per heavy atom. The number of fused-ring (bicyclic) bond motifs is 1. The summed E-state index contributed by atoms with van der Waals surface area (Å²) in [5, 5.41) is 0. The standard InChI is InChI=1S/C16H23N5.HI/c1-11-5-4-8-21(10-11)16(17)18-9-14-19-13-7-3-6-12(2)15(13)20-14;/h3,6-7,11H,4-5,8-10H2,1-2H3,(H2,17,18)(H,19,20);1H. The third-order valence-electron chi connectivity index (χ3n) is 4.14. The molecule has 3 rings (SSSR count). The zero-order valence-corrected chi connectivity index (χ0v) is 15.5. The fourth-order valence-electron chi connectivity index (χ4n) is 2.95. The van der Waals surface area contributed by atoms with E-state index < -0.39 is 0 Å². The minimum atomic E-state index is 0. The van der Waals surface area contributed by atoms with Crippen molar-refractivity contribution in [2.24, 2.45) is 16.6 Å². The lowest BCUT2D eigenvalue weighted by Crippen LogP contribution is -2.43. The fraction of sp³-hybridized carbons (Fsp3) is 0.500. The maximum Gasteiger partial charge on any atom is 0.191 e. The molecule has 0 spiro atoms. The van der Waals surface area contributed by atoms with Gasteiger partial charge in [0.1, 0.15) is 12.4 Å². The molecule has 2 aromatic rings. The van der Waals surface area contributed by atoms with Gasteiger partial charge in [0.15, 0.2) is 5.96 Å². The number of aromatic nitrogens is 2. The van der Waals surface area contributed by atoms with Crippen molar-refractivity contribution in [3.8, 4) is 0 Å². The van der Waals surface area contributed by atoms with Crippen LogP contribution in [0.15, 0.2) is 23.2 Å². The Morgan fingerprint density at radius 1 is 1.50 bits per heavy atom. The third kappa shape index (κ3) is 3.71. The molecule has 1 unspecified atom stereocenters. The summed E-state index contributed by atoms with van der Waals surface area (Å²) in [5.74, 6) is 2.20. The van der Waals surface area contributed by atoms with Crippen molar-refractivity contribution in [3.63, 3.8) is 0 Å². The second-order valence-electron chi connectivity index (χ2n) is 6.02. The van der Waals surface area contributed by atoms with Crippen molar-refractivity contribution >= 4 is 41.0 Å². The molecule has 120 valence electrons. The number of H-pyrrole nitrogens is 1. The molecule has 1 aromatic carbocycles. The van der Waals surface area contributed by atoms with E-state index >= 15 is 0 Å². The van der Waals surface area contributed by atoms with Gasteiger partial charge in [0, 0.05) is 13.1 Å². The smallest absolute Gasteiger partial charge is 0.191 e. The van der Waals surface area contributed by atoms with Gasteiger partial charge in [-0.1, -0.05) is 19.1 Å². The van der Waals surface area contributed by atoms with Crippen molar-refractivity contribution in [2.75, 3.05) is 13.1 Å². The molecule has 1 atom stereocenters. The zero-order valence-electron chi connectivity index (χ0n) is 13.2. The minimum absolute atomic E-state index is 0. The number of guanidine groups is 1. The van der Waals surface area contributed by atoms with Crippen LogP contribution >= 0.6 is 24.0 Å². The number of aryl methyl sites for hydroxylation is 1. The first kappa shape index (κ1) is 17.1. The van der Waals surface area contributed by atoms with Gasteiger partial charge in [-0.3, -0.25) is 0 Å². The van der Waals surface area contributed by atoms with E-state index in [2.05, 4.69) is 39.8 Å². The van der Waals surface area contributed by atoms with Crippen LogP contribution in [0.2, 0.25) is 0 Å². The van der Waals surface area contributed by atoms with E-state index in [9.17, 15) is 0 Å². The molecule has 6 heteroatoms. The number of nitrogens with one attached hydrogen (secondary N) is 1. The summed E-state index contributed by atoms with van der Waals surface area (Å²) in [4.78, 5) is 14.6. The van der Waals surface area contributed by atoms with E-state index in [-0.39, 0.29) is 24.0 Å². The summed E-state index contributed by atoms with van der Waals surface area (Å²) in [5.41, 5.74) is 9.38. The van der Waals surface area contributed by atoms with Crippen LogP contribution < -0.4 is 5.73 Å². The van der Waals surface area contributed by atoms with Crippen molar-refractivity contribution in [1.82, 2.24) is 14.9 Å². The first-order chi connectivity index (χ1) is 10.1. The lowest BCUT2D eigenvalue weighted by Gasteiger charge is -2.31. The predicted molar refractivity (Wildman–Crippen MR) is 102 cm³/mol. The van der Waals surface area contributed by atoms with Crippen LogP contribution in [0, 0.1) is 12.8 Å². The van der Waals surface area contributed by atoms with Crippen LogP contribution in [-0.2, 0) is 6.54 Å². The van der Waals surface area contributed by atoms with Gasteiger partial charge in [-0.15, -0.1) is 24.0 Å². The molecule has 0 saturated carbocycles. The van der Waals surface area contributed by atoms with Gasteiger partial charge in [0.2, 0.25) is 0 Å². The van der Waals surface area contributed by atoms with Crippen LogP contribution in [0.3, 0.4) is 0 Å². The number of benzene rings is 1. The van der Waals surface area contributed by atoms with Gasteiger partial charge >= 0.3 is 0 Å². The van der Waals surface area contributed by atoms with Gasteiger partial charge in [-0.05, 0) is 37.3 Å². The Balaban J connectivity index is 0.00000176. The number of nitrogens with zero attached hydrogens (tertiary/aromatic N) is 3. The number of likely N-dealkylation sites (tertiary alicyclic amines) is 1. The maximum atomic E-state index is 6.12. The van der Waals surface area contributed by atoms with Gasteiger partial charge < -0.3 is 15.6 Å². The summed E-state index contributed by atoms with van der Waals surface area (Å²) >= 11 is 0. The van der Waals surface area contributed by atoms with Crippen LogP contribution in [-0.4, -0.2) is 33.9 Å². The van der Waals surface area contributed by atoms with E-state index in [0.717, 1.165) is 29.9 Å². The summed E-state index contributed by atoms with van der Waals surface area (Å²) in [6.45, 7) is 6.86. The molecule has 1 aliphatic heterocycles. The Kier molecular flexibility index (Phi) is 5.66. The molecule has 5 nitrogen and oxygen atoms in total. The molecule has 2 heterocycles. The topological polar surface area (TPSA) is 70.3 Å². The van der Waals surface area contributed by atoms with E-state index in [1.54, 1.807) is 0 Å². The summed E-state index contributed by atoms with van der Waals surface area (Å²) in [7, 11) is 0. The number of hydrogen-bond acceptors (Lipinski definition) is 2. The highest BCUT2D eigenvalue weighted by atomic mass is 127. The second-order valence-corrected chi connectivity index (χ2v) is 6.02. The molecular weight excluding hydrogens is 389 g/mol. The van der Waals surface area contributed by atoms with Gasteiger partial charge in [-0.2, -0.15) is 0 Å². The summed E-state index contributed by atoms with van der Waals surface area (Å²) in [6.07, 6.45) is 2.48. The number of rotatable bonds is 2. The Morgan fingerprint density at radius 3 is 3.05 bits per heavy atom. The van der Waals surface area contributed by atoms with Gasteiger partial charge in [0.25, 0.3) is 0 Å². The summed E-state index contributed by atoms with van der Waals surface area (Å²) < 4.78 is 0. The lowest BCUT2D eigenvalue weighted by atomic mass is 10.0. The third-order valence-corrected chi connectivity index (χ3v) is 4.14. The number of aliphatic imine (C=N–C) groups is 1. The van der Waals surface area contributed by atoms with Gasteiger partial charge in [0.05, 0.1) is 11.0 Å². The van der Waals surface area contributed by atoms with Crippen LogP contribution in [0.25, 0.3) is 11.0 Å². The number of nitrogens with two attached hydrogens (primary N) is 1. The van der Waals surface area contributed by atoms with Crippen LogP contribution in [0.4, 0.5) is 0 Å². The van der Waals surface area contributed by atoms with E-state index in [1.165, 1.54) is 18.4 Å². The average Bonchev–Trinajstić information content (AvgIpc) is 2.89. The molecule has 3 N–H and O–H groups in total. The van der Waals surface area contributed by atoms with Crippen molar-refractivity contribution in [2.45, 2.75) is 33.2 Å². The lowest BCUT2D eigenvalue weighted by molar-refractivity contribution is 0.270. The molecular formula is C16H24IN5. The fourth-order valence-corrected chi connectivity index (χ4v) is 2.95. The van der Waals surface area contributed by atoms with Crippen LogP contribution in [0.5, 0.6) is 0 Å². The van der Waals surface area contributed by atoms with Crippen LogP contribution in [0.1, 0.15) is 31.2 Å². The molecule has 1 fully saturated rings. The Bertz CT molecular complexity index is 664. The Labute approximate surface area is 148 Å².